The molecule has 4 heteroatoms. The Kier molecular flexibility index (Phi) is 4.79. The third-order valence-corrected chi connectivity index (χ3v) is 3.54. The van der Waals surface area contributed by atoms with E-state index in [0.29, 0.717) is 21.5 Å². The number of hydrogen-bond acceptors (Lipinski definition) is 3. The number of ether oxygens (including phenoxy) is 2. The van der Waals surface area contributed by atoms with Gasteiger partial charge in [-0.25, -0.2) is 0 Å². The van der Waals surface area contributed by atoms with Gasteiger partial charge in [0, 0.05) is 5.56 Å². The summed E-state index contributed by atoms with van der Waals surface area (Å²) in [6, 6.07) is 13.3. The van der Waals surface area contributed by atoms with Gasteiger partial charge in [0.1, 0.15) is 12.4 Å². The molecule has 0 amide bonds. The van der Waals surface area contributed by atoms with Crippen LogP contribution in [0.4, 0.5) is 0 Å². The second kappa shape index (κ2) is 6.57. The lowest BCUT2D eigenvalue weighted by atomic mass is 10.1. The first kappa shape index (κ1) is 14.6. The van der Waals surface area contributed by atoms with Crippen LogP contribution in [0.5, 0.6) is 11.5 Å². The zero-order valence-electron chi connectivity index (χ0n) is 11.3. The number of carbonyl (C=O) groups excluding carboxylic acids is 1. The molecule has 2 rings (SSSR count). The lowest BCUT2D eigenvalue weighted by Gasteiger charge is -2.18. The van der Waals surface area contributed by atoms with Crippen LogP contribution in [0.15, 0.2) is 46.9 Å². The van der Waals surface area contributed by atoms with Crippen molar-refractivity contribution in [3.8, 4) is 11.5 Å². The Labute approximate surface area is 126 Å². The molecular formula is C16H15BrO3. The first-order valence-corrected chi connectivity index (χ1v) is 6.99. The van der Waals surface area contributed by atoms with Gasteiger partial charge in [-0.1, -0.05) is 30.3 Å². The lowest BCUT2D eigenvalue weighted by Crippen LogP contribution is -2.05. The predicted molar refractivity (Wildman–Crippen MR) is 81.6 cm³/mol. The van der Waals surface area contributed by atoms with Crippen molar-refractivity contribution >= 4 is 22.2 Å². The highest BCUT2D eigenvalue weighted by atomic mass is 79.9. The zero-order chi connectivity index (χ0) is 14.5. The second-order valence-electron chi connectivity index (χ2n) is 4.32. The molecule has 0 saturated heterocycles. The fraction of sp³-hybridized carbons (Fsp3) is 0.188. The molecule has 3 nitrogen and oxygen atoms in total. The van der Waals surface area contributed by atoms with E-state index in [1.165, 1.54) is 0 Å². The van der Waals surface area contributed by atoms with Crippen LogP contribution in [-0.2, 0) is 0 Å². The summed E-state index contributed by atoms with van der Waals surface area (Å²) in [5.74, 6) is 1.12. The van der Waals surface area contributed by atoms with Crippen molar-refractivity contribution in [2.24, 2.45) is 0 Å². The Morgan fingerprint density at radius 3 is 2.50 bits per heavy atom. The molecule has 0 aliphatic heterocycles. The van der Waals surface area contributed by atoms with Gasteiger partial charge in [-0.05, 0) is 40.5 Å². The maximum Gasteiger partial charge on any atom is 0.176 e. The molecule has 0 saturated carbocycles. The molecule has 0 radical (unpaired) electrons. The van der Waals surface area contributed by atoms with E-state index < -0.39 is 0 Å². The minimum absolute atomic E-state index is 0.122. The summed E-state index contributed by atoms with van der Waals surface area (Å²) in [5, 5.41) is 0. The summed E-state index contributed by atoms with van der Waals surface area (Å²) in [6.45, 7) is 1.97. The average Bonchev–Trinajstić information content (AvgIpc) is 2.49. The number of rotatable bonds is 5. The highest BCUT2D eigenvalue weighted by Crippen LogP contribution is 2.38. The summed E-state index contributed by atoms with van der Waals surface area (Å²) in [6.07, 6.45) is 0.654. The van der Waals surface area contributed by atoms with Crippen molar-refractivity contribution in [3.05, 3.63) is 58.1 Å². The number of carbonyl (C=O) groups is 1. The van der Waals surface area contributed by atoms with Crippen LogP contribution in [0.2, 0.25) is 0 Å². The molecule has 2 aromatic carbocycles. The minimum atomic E-state index is -0.122. The molecule has 0 heterocycles. The van der Waals surface area contributed by atoms with E-state index in [0.717, 1.165) is 11.8 Å². The van der Waals surface area contributed by atoms with Gasteiger partial charge in [0.05, 0.1) is 11.6 Å². The fourth-order valence-electron chi connectivity index (χ4n) is 1.89. The summed E-state index contributed by atoms with van der Waals surface area (Å²) >= 11 is 3.42. The van der Waals surface area contributed by atoms with E-state index in [1.807, 2.05) is 37.3 Å². The number of aldehydes is 1. The number of methoxy groups -OCH3 is 1. The van der Waals surface area contributed by atoms with E-state index in [9.17, 15) is 4.79 Å². The van der Waals surface area contributed by atoms with E-state index in [4.69, 9.17) is 9.47 Å². The average molecular weight is 335 g/mol. The van der Waals surface area contributed by atoms with Gasteiger partial charge in [-0.2, -0.15) is 0 Å². The van der Waals surface area contributed by atoms with Crippen molar-refractivity contribution in [1.29, 1.82) is 0 Å². The first-order chi connectivity index (χ1) is 9.65. The van der Waals surface area contributed by atoms with Crippen molar-refractivity contribution < 1.29 is 14.3 Å². The summed E-state index contributed by atoms with van der Waals surface area (Å²) < 4.78 is 12.0. The summed E-state index contributed by atoms with van der Waals surface area (Å²) in [4.78, 5) is 10.9. The van der Waals surface area contributed by atoms with Crippen molar-refractivity contribution in [1.82, 2.24) is 0 Å². The monoisotopic (exact) mass is 334 g/mol. The van der Waals surface area contributed by atoms with Crippen molar-refractivity contribution in [3.63, 3.8) is 0 Å². The van der Waals surface area contributed by atoms with E-state index in [1.54, 1.807) is 19.2 Å². The normalized spacial score (nSPS) is 11.8. The highest BCUT2D eigenvalue weighted by Gasteiger charge is 2.15. The molecule has 0 aromatic heterocycles. The molecule has 0 fully saturated rings. The molecule has 1 unspecified atom stereocenters. The number of halogens is 1. The first-order valence-electron chi connectivity index (χ1n) is 6.20. The Morgan fingerprint density at radius 1 is 1.20 bits per heavy atom. The fourth-order valence-corrected chi connectivity index (χ4v) is 2.44. The largest absolute Gasteiger partial charge is 0.493 e. The van der Waals surface area contributed by atoms with Gasteiger partial charge in [0.15, 0.2) is 11.5 Å². The Hall–Kier alpha value is -1.81. The van der Waals surface area contributed by atoms with Gasteiger partial charge in [-0.3, -0.25) is 4.79 Å². The number of hydrogen-bond donors (Lipinski definition) is 0. The van der Waals surface area contributed by atoms with Crippen LogP contribution < -0.4 is 9.47 Å². The van der Waals surface area contributed by atoms with Gasteiger partial charge in [0.25, 0.3) is 0 Å². The smallest absolute Gasteiger partial charge is 0.176 e. The Morgan fingerprint density at radius 2 is 1.90 bits per heavy atom. The zero-order valence-corrected chi connectivity index (χ0v) is 12.9. The maximum absolute atomic E-state index is 10.9. The molecule has 0 aliphatic rings. The van der Waals surface area contributed by atoms with Crippen LogP contribution in [0, 0.1) is 0 Å². The molecule has 0 N–H and O–H groups in total. The Bertz CT molecular complexity index is 596. The number of benzene rings is 2. The van der Waals surface area contributed by atoms with E-state index >= 15 is 0 Å². The predicted octanol–water partition coefficient (Wildman–Crippen LogP) is 4.41. The maximum atomic E-state index is 10.9. The highest BCUT2D eigenvalue weighted by molar-refractivity contribution is 9.10. The molecule has 0 aliphatic carbocycles. The molecule has 0 bridgehead atoms. The second-order valence-corrected chi connectivity index (χ2v) is 5.18. The molecular weight excluding hydrogens is 320 g/mol. The topological polar surface area (TPSA) is 35.5 Å². The third-order valence-electron chi connectivity index (χ3n) is 2.95. The summed E-state index contributed by atoms with van der Waals surface area (Å²) in [7, 11) is 1.55. The van der Waals surface area contributed by atoms with Crippen LogP contribution in [0.3, 0.4) is 0 Å². The van der Waals surface area contributed by atoms with Gasteiger partial charge in [0.2, 0.25) is 0 Å². The SMILES string of the molecule is COc1cc(C=O)cc(Br)c1OC(C)c1ccccc1. The quantitative estimate of drug-likeness (QED) is 0.759. The third kappa shape index (κ3) is 3.20. The van der Waals surface area contributed by atoms with Gasteiger partial charge in [-0.15, -0.1) is 0 Å². The van der Waals surface area contributed by atoms with Crippen LogP contribution in [0.1, 0.15) is 28.9 Å². The molecule has 0 spiro atoms. The van der Waals surface area contributed by atoms with E-state index in [2.05, 4.69) is 15.9 Å². The van der Waals surface area contributed by atoms with E-state index in [-0.39, 0.29) is 6.10 Å². The Balaban J connectivity index is 2.31. The van der Waals surface area contributed by atoms with Crippen molar-refractivity contribution in [2.45, 2.75) is 13.0 Å². The molecule has 104 valence electrons. The van der Waals surface area contributed by atoms with Gasteiger partial charge >= 0.3 is 0 Å². The van der Waals surface area contributed by atoms with Gasteiger partial charge < -0.3 is 9.47 Å². The lowest BCUT2D eigenvalue weighted by molar-refractivity contribution is 0.112. The standard InChI is InChI=1S/C16H15BrO3/c1-11(13-6-4-3-5-7-13)20-16-14(17)8-12(10-18)9-15(16)19-2/h3-11H,1-2H3. The minimum Gasteiger partial charge on any atom is -0.493 e. The van der Waals surface area contributed by atoms with Crippen LogP contribution >= 0.6 is 15.9 Å². The molecule has 20 heavy (non-hydrogen) atoms. The van der Waals surface area contributed by atoms with Crippen molar-refractivity contribution in [2.75, 3.05) is 7.11 Å². The molecule has 2 aromatic rings. The molecule has 1 atom stereocenters. The van der Waals surface area contributed by atoms with Crippen LogP contribution in [-0.4, -0.2) is 13.4 Å². The van der Waals surface area contributed by atoms with Crippen LogP contribution in [0.25, 0.3) is 0 Å². The summed E-state index contributed by atoms with van der Waals surface area (Å²) in [5.41, 5.74) is 1.61.